The number of nitrogens with one attached hydrogen (secondary N) is 1. The Morgan fingerprint density at radius 2 is 1.68 bits per heavy atom. The molecule has 5 rings (SSSR count). The van der Waals surface area contributed by atoms with Crippen LogP contribution in [0, 0.1) is 0 Å². The van der Waals surface area contributed by atoms with Gasteiger partial charge in [0.25, 0.3) is 11.7 Å². The third kappa shape index (κ3) is 3.73. The Bertz CT molecular complexity index is 1390. The van der Waals surface area contributed by atoms with Gasteiger partial charge in [0.2, 0.25) is 0 Å². The van der Waals surface area contributed by atoms with Crippen LogP contribution in [0.3, 0.4) is 0 Å². The number of benzene rings is 3. The number of likely N-dealkylation sites (tertiary alicyclic amines) is 1. The summed E-state index contributed by atoms with van der Waals surface area (Å²) >= 11 is 0. The van der Waals surface area contributed by atoms with Gasteiger partial charge in [-0.05, 0) is 36.2 Å². The number of nitrogens with zero attached hydrogens (tertiary/aromatic N) is 1. The molecule has 3 aromatic carbocycles. The van der Waals surface area contributed by atoms with Crippen LogP contribution >= 0.6 is 0 Å². The number of carbonyl (C=O) groups is 2. The summed E-state index contributed by atoms with van der Waals surface area (Å²) in [5, 5.41) is 12.1. The van der Waals surface area contributed by atoms with Gasteiger partial charge in [-0.3, -0.25) is 9.59 Å². The second-order valence-electron chi connectivity index (χ2n) is 8.16. The number of Topliss-reactive ketones (excluding diaryl/α,β-unsaturated/α-hetero) is 1. The van der Waals surface area contributed by atoms with Gasteiger partial charge in [0.1, 0.15) is 11.5 Å². The first kappa shape index (κ1) is 21.5. The number of ketones is 1. The van der Waals surface area contributed by atoms with E-state index < -0.39 is 17.7 Å². The van der Waals surface area contributed by atoms with Crippen molar-refractivity contribution < 1.29 is 19.4 Å². The number of rotatable bonds is 6. The molecular weight excluding hydrogens is 428 g/mol. The van der Waals surface area contributed by atoms with Crippen LogP contribution in [0.25, 0.3) is 16.7 Å². The van der Waals surface area contributed by atoms with Gasteiger partial charge in [-0.1, -0.05) is 60.7 Å². The van der Waals surface area contributed by atoms with E-state index in [0.29, 0.717) is 12.2 Å². The number of aromatic nitrogens is 1. The van der Waals surface area contributed by atoms with Gasteiger partial charge in [-0.25, -0.2) is 0 Å². The number of aliphatic hydroxyl groups excluding tert-OH is 1. The van der Waals surface area contributed by atoms with Crippen LogP contribution in [0.5, 0.6) is 5.75 Å². The maximum absolute atomic E-state index is 13.3. The fourth-order valence-electron chi connectivity index (χ4n) is 4.49. The zero-order valence-electron chi connectivity index (χ0n) is 18.7. The topological polar surface area (TPSA) is 82.6 Å². The molecular formula is C28H24N2O4. The number of amides is 1. The smallest absolute Gasteiger partial charge is 0.295 e. The van der Waals surface area contributed by atoms with E-state index in [9.17, 15) is 14.7 Å². The van der Waals surface area contributed by atoms with Crippen molar-refractivity contribution in [3.63, 3.8) is 0 Å². The predicted molar refractivity (Wildman–Crippen MR) is 130 cm³/mol. The van der Waals surface area contributed by atoms with Crippen molar-refractivity contribution in [1.29, 1.82) is 0 Å². The summed E-state index contributed by atoms with van der Waals surface area (Å²) in [6.07, 6.45) is 1.67. The molecule has 6 heteroatoms. The molecule has 0 aliphatic carbocycles. The summed E-state index contributed by atoms with van der Waals surface area (Å²) < 4.78 is 5.51. The van der Waals surface area contributed by atoms with Gasteiger partial charge < -0.3 is 19.7 Å². The second-order valence-corrected chi connectivity index (χ2v) is 8.16. The van der Waals surface area contributed by atoms with E-state index >= 15 is 0 Å². The highest BCUT2D eigenvalue weighted by molar-refractivity contribution is 6.46. The Hall–Kier alpha value is -4.32. The lowest BCUT2D eigenvalue weighted by atomic mass is 9.95. The maximum Gasteiger partial charge on any atom is 0.295 e. The minimum Gasteiger partial charge on any atom is -0.507 e. The molecule has 0 saturated carbocycles. The van der Waals surface area contributed by atoms with E-state index in [1.807, 2.05) is 85.8 Å². The van der Waals surface area contributed by atoms with Crippen LogP contribution in [-0.2, 0) is 16.1 Å². The minimum absolute atomic E-state index is 0.0897. The fourth-order valence-corrected chi connectivity index (χ4v) is 4.49. The molecule has 2 N–H and O–H groups in total. The summed E-state index contributed by atoms with van der Waals surface area (Å²) in [4.78, 5) is 31.1. The van der Waals surface area contributed by atoms with Gasteiger partial charge in [0, 0.05) is 29.2 Å². The number of aromatic amines is 1. The highest BCUT2D eigenvalue weighted by atomic mass is 16.5. The maximum atomic E-state index is 13.3. The molecule has 2 heterocycles. The van der Waals surface area contributed by atoms with Gasteiger partial charge in [0.15, 0.2) is 0 Å². The number of carbonyl (C=O) groups excluding carboxylic acids is 2. The summed E-state index contributed by atoms with van der Waals surface area (Å²) in [5.41, 5.74) is 3.04. The van der Waals surface area contributed by atoms with E-state index in [1.165, 1.54) is 4.90 Å². The molecule has 1 aliphatic rings. The van der Waals surface area contributed by atoms with E-state index in [1.54, 1.807) is 6.20 Å². The molecule has 0 radical (unpaired) electrons. The Morgan fingerprint density at radius 3 is 2.41 bits per heavy atom. The first-order valence-corrected chi connectivity index (χ1v) is 11.2. The number of hydrogen-bond acceptors (Lipinski definition) is 4. The lowest BCUT2D eigenvalue weighted by Gasteiger charge is -2.25. The van der Waals surface area contributed by atoms with Crippen molar-refractivity contribution in [3.8, 4) is 5.75 Å². The molecule has 1 amide bonds. The van der Waals surface area contributed by atoms with Crippen LogP contribution in [0.1, 0.15) is 29.7 Å². The van der Waals surface area contributed by atoms with Crippen LogP contribution < -0.4 is 4.74 Å². The average Bonchev–Trinajstić information content (AvgIpc) is 3.40. The SMILES string of the molecule is CCOc1ccc(CN2C(=O)C(=O)/C(=C(\O)c3c[nH]c4ccccc34)C2c2ccccc2)cc1. The molecule has 1 aliphatic heterocycles. The van der Waals surface area contributed by atoms with Crippen molar-refractivity contribution in [1.82, 2.24) is 9.88 Å². The number of para-hydroxylation sites is 1. The molecule has 1 atom stereocenters. The molecule has 1 unspecified atom stereocenters. The van der Waals surface area contributed by atoms with Crippen molar-refractivity contribution in [2.75, 3.05) is 6.61 Å². The third-order valence-corrected chi connectivity index (χ3v) is 6.09. The van der Waals surface area contributed by atoms with Crippen LogP contribution in [0.2, 0.25) is 0 Å². The summed E-state index contributed by atoms with van der Waals surface area (Å²) in [6.45, 7) is 2.71. The van der Waals surface area contributed by atoms with Gasteiger partial charge in [-0.15, -0.1) is 0 Å². The second kappa shape index (κ2) is 8.90. The molecule has 0 bridgehead atoms. The van der Waals surface area contributed by atoms with Crippen LogP contribution in [-0.4, -0.2) is 33.3 Å². The predicted octanol–water partition coefficient (Wildman–Crippen LogP) is 5.19. The van der Waals surface area contributed by atoms with E-state index in [-0.39, 0.29) is 17.9 Å². The molecule has 34 heavy (non-hydrogen) atoms. The molecule has 170 valence electrons. The summed E-state index contributed by atoms with van der Waals surface area (Å²) in [5.74, 6) is -0.766. The molecule has 1 aromatic heterocycles. The van der Waals surface area contributed by atoms with Crippen LogP contribution in [0.15, 0.2) is 90.6 Å². The highest BCUT2D eigenvalue weighted by Gasteiger charge is 2.46. The van der Waals surface area contributed by atoms with Crippen molar-refractivity contribution in [3.05, 3.63) is 107 Å². The number of hydrogen-bond donors (Lipinski definition) is 2. The first-order chi connectivity index (χ1) is 16.6. The largest absolute Gasteiger partial charge is 0.507 e. The Morgan fingerprint density at radius 1 is 0.971 bits per heavy atom. The van der Waals surface area contributed by atoms with Crippen molar-refractivity contribution in [2.24, 2.45) is 0 Å². The highest BCUT2D eigenvalue weighted by Crippen LogP contribution is 2.41. The van der Waals surface area contributed by atoms with E-state index in [0.717, 1.165) is 27.8 Å². The average molecular weight is 453 g/mol. The quantitative estimate of drug-likeness (QED) is 0.240. The number of fused-ring (bicyclic) bond motifs is 1. The van der Waals surface area contributed by atoms with E-state index in [4.69, 9.17) is 4.74 Å². The first-order valence-electron chi connectivity index (χ1n) is 11.2. The van der Waals surface area contributed by atoms with E-state index in [2.05, 4.69) is 4.98 Å². The number of ether oxygens (including phenoxy) is 1. The number of aliphatic hydroxyl groups is 1. The zero-order valence-corrected chi connectivity index (χ0v) is 18.7. The third-order valence-electron chi connectivity index (χ3n) is 6.09. The zero-order chi connectivity index (χ0) is 23.7. The number of H-pyrrole nitrogens is 1. The monoisotopic (exact) mass is 452 g/mol. The molecule has 6 nitrogen and oxygen atoms in total. The van der Waals surface area contributed by atoms with Gasteiger partial charge in [-0.2, -0.15) is 0 Å². The van der Waals surface area contributed by atoms with Crippen LogP contribution in [0.4, 0.5) is 0 Å². The Labute approximate surface area is 197 Å². The lowest BCUT2D eigenvalue weighted by molar-refractivity contribution is -0.140. The van der Waals surface area contributed by atoms with Gasteiger partial charge in [0.05, 0.1) is 18.2 Å². The minimum atomic E-state index is -0.707. The molecule has 1 saturated heterocycles. The molecule has 4 aromatic rings. The normalized spacial score (nSPS) is 17.4. The Balaban J connectivity index is 1.61. The molecule has 1 fully saturated rings. The standard InChI is InChI=1S/C28H24N2O4/c1-2-34-20-14-12-18(13-15-20)17-30-25(19-8-4-3-5-9-19)24(27(32)28(30)33)26(31)22-16-29-23-11-7-6-10-21(22)23/h3-16,25,29,31H,2,17H2,1H3/b26-24-. The fraction of sp³-hybridized carbons (Fsp3) is 0.143. The lowest BCUT2D eigenvalue weighted by Crippen LogP contribution is -2.29. The summed E-state index contributed by atoms with van der Waals surface area (Å²) in [6, 6.07) is 23.6. The summed E-state index contributed by atoms with van der Waals surface area (Å²) in [7, 11) is 0. The molecule has 0 spiro atoms. The van der Waals surface area contributed by atoms with Crippen molar-refractivity contribution in [2.45, 2.75) is 19.5 Å². The Kier molecular flexibility index (Phi) is 5.64. The van der Waals surface area contributed by atoms with Gasteiger partial charge >= 0.3 is 0 Å². The van der Waals surface area contributed by atoms with Crippen molar-refractivity contribution >= 4 is 28.4 Å².